The minimum Gasteiger partial charge on any atom is -0.393 e. The zero-order chi connectivity index (χ0) is 13.1. The van der Waals surface area contributed by atoms with Gasteiger partial charge in [-0.1, -0.05) is 31.5 Å². The molecule has 0 aliphatic heterocycles. The molecular formula is C12H15ClN4S. The van der Waals surface area contributed by atoms with Crippen molar-refractivity contribution in [2.45, 2.75) is 19.9 Å². The van der Waals surface area contributed by atoms with Crippen molar-refractivity contribution in [3.05, 3.63) is 33.9 Å². The summed E-state index contributed by atoms with van der Waals surface area (Å²) in [7, 11) is 0. The number of anilines is 2. The van der Waals surface area contributed by atoms with Crippen LogP contribution in [0.2, 0.25) is 5.15 Å². The molecule has 2 aromatic rings. The lowest BCUT2D eigenvalue weighted by Crippen LogP contribution is -2.17. The quantitative estimate of drug-likeness (QED) is 0.841. The van der Waals surface area contributed by atoms with E-state index < -0.39 is 0 Å². The lowest BCUT2D eigenvalue weighted by Gasteiger charge is -2.22. The molecular weight excluding hydrogens is 268 g/mol. The standard InChI is InChI=1S/C12H15ClN4S/c1-7(2)10(8-4-3-5-18-8)17-12-9(14)11(13)15-6-16-12/h3-7,10H,14H2,1-2H3,(H,15,16,17). The summed E-state index contributed by atoms with van der Waals surface area (Å²) in [6.45, 7) is 4.30. The van der Waals surface area contributed by atoms with Crippen LogP contribution in [0, 0.1) is 5.92 Å². The highest BCUT2D eigenvalue weighted by Crippen LogP contribution is 2.32. The van der Waals surface area contributed by atoms with E-state index >= 15 is 0 Å². The Morgan fingerprint density at radius 1 is 1.39 bits per heavy atom. The van der Waals surface area contributed by atoms with Gasteiger partial charge in [-0.25, -0.2) is 9.97 Å². The van der Waals surface area contributed by atoms with Crippen molar-refractivity contribution < 1.29 is 0 Å². The lowest BCUT2D eigenvalue weighted by molar-refractivity contribution is 0.552. The number of nitrogens with two attached hydrogens (primary N) is 1. The molecule has 1 unspecified atom stereocenters. The second-order valence-electron chi connectivity index (χ2n) is 4.31. The van der Waals surface area contributed by atoms with Crippen molar-refractivity contribution in [1.82, 2.24) is 9.97 Å². The van der Waals surface area contributed by atoms with Crippen LogP contribution < -0.4 is 11.1 Å². The van der Waals surface area contributed by atoms with Gasteiger partial charge in [0.15, 0.2) is 11.0 Å². The topological polar surface area (TPSA) is 63.8 Å². The summed E-state index contributed by atoms with van der Waals surface area (Å²) >= 11 is 7.60. The van der Waals surface area contributed by atoms with E-state index in [1.165, 1.54) is 11.2 Å². The number of hydrogen-bond donors (Lipinski definition) is 2. The van der Waals surface area contributed by atoms with Gasteiger partial charge in [0.25, 0.3) is 0 Å². The molecule has 1 atom stereocenters. The zero-order valence-corrected chi connectivity index (χ0v) is 11.8. The van der Waals surface area contributed by atoms with Crippen LogP contribution in [0.15, 0.2) is 23.8 Å². The van der Waals surface area contributed by atoms with Crippen molar-refractivity contribution in [1.29, 1.82) is 0 Å². The van der Waals surface area contributed by atoms with Crippen LogP contribution >= 0.6 is 22.9 Å². The summed E-state index contributed by atoms with van der Waals surface area (Å²) in [5.41, 5.74) is 6.26. The van der Waals surface area contributed by atoms with Crippen LogP contribution in [0.3, 0.4) is 0 Å². The third kappa shape index (κ3) is 2.73. The number of thiophene rings is 1. The number of hydrogen-bond acceptors (Lipinski definition) is 5. The van der Waals surface area contributed by atoms with E-state index in [1.54, 1.807) is 11.3 Å². The van der Waals surface area contributed by atoms with E-state index in [0.717, 1.165) is 0 Å². The van der Waals surface area contributed by atoms with E-state index in [2.05, 4.69) is 40.6 Å². The molecule has 0 fully saturated rings. The second kappa shape index (κ2) is 5.54. The van der Waals surface area contributed by atoms with Crippen molar-refractivity contribution in [2.24, 2.45) is 5.92 Å². The summed E-state index contributed by atoms with van der Waals surface area (Å²) in [4.78, 5) is 9.24. The number of aromatic nitrogens is 2. The van der Waals surface area contributed by atoms with E-state index in [4.69, 9.17) is 17.3 Å². The molecule has 2 heterocycles. The molecule has 6 heteroatoms. The van der Waals surface area contributed by atoms with E-state index in [9.17, 15) is 0 Å². The Bertz CT molecular complexity index is 513. The first-order valence-electron chi connectivity index (χ1n) is 5.65. The molecule has 0 bridgehead atoms. The van der Waals surface area contributed by atoms with Crippen LogP contribution in [0.5, 0.6) is 0 Å². The van der Waals surface area contributed by atoms with Gasteiger partial charge in [0.1, 0.15) is 12.0 Å². The summed E-state index contributed by atoms with van der Waals surface area (Å²) in [6, 6.07) is 4.30. The van der Waals surface area contributed by atoms with Gasteiger partial charge in [-0.05, 0) is 17.4 Å². The highest BCUT2D eigenvalue weighted by atomic mass is 35.5. The molecule has 0 saturated carbocycles. The van der Waals surface area contributed by atoms with E-state index in [0.29, 0.717) is 17.4 Å². The average Bonchev–Trinajstić information content (AvgIpc) is 2.84. The molecule has 96 valence electrons. The maximum Gasteiger partial charge on any atom is 0.157 e. The molecule has 0 radical (unpaired) electrons. The second-order valence-corrected chi connectivity index (χ2v) is 5.65. The normalized spacial score (nSPS) is 12.7. The molecule has 2 aromatic heterocycles. The van der Waals surface area contributed by atoms with Crippen LogP contribution in [0.1, 0.15) is 24.8 Å². The molecule has 2 rings (SSSR count). The maximum absolute atomic E-state index is 5.89. The average molecular weight is 283 g/mol. The van der Waals surface area contributed by atoms with Crippen LogP contribution in [-0.2, 0) is 0 Å². The molecule has 0 aromatic carbocycles. The number of rotatable bonds is 4. The van der Waals surface area contributed by atoms with Crippen molar-refractivity contribution in [3.63, 3.8) is 0 Å². The summed E-state index contributed by atoms with van der Waals surface area (Å²) in [5.74, 6) is 0.999. The predicted octanol–water partition coefficient (Wildman–Crippen LogP) is 3.58. The maximum atomic E-state index is 5.89. The fourth-order valence-corrected chi connectivity index (χ4v) is 2.75. The van der Waals surface area contributed by atoms with Gasteiger partial charge in [0, 0.05) is 4.88 Å². The van der Waals surface area contributed by atoms with E-state index in [1.807, 2.05) is 6.07 Å². The Morgan fingerprint density at radius 2 is 2.17 bits per heavy atom. The predicted molar refractivity (Wildman–Crippen MR) is 77.0 cm³/mol. The van der Waals surface area contributed by atoms with Crippen LogP contribution in [0.25, 0.3) is 0 Å². The van der Waals surface area contributed by atoms with Crippen molar-refractivity contribution in [2.75, 3.05) is 11.1 Å². The van der Waals surface area contributed by atoms with Crippen LogP contribution in [-0.4, -0.2) is 9.97 Å². The molecule has 3 N–H and O–H groups in total. The third-order valence-corrected chi connectivity index (χ3v) is 3.90. The Morgan fingerprint density at radius 3 is 2.78 bits per heavy atom. The Kier molecular flexibility index (Phi) is 4.04. The van der Waals surface area contributed by atoms with E-state index in [-0.39, 0.29) is 11.2 Å². The first kappa shape index (κ1) is 13.1. The minimum absolute atomic E-state index is 0.165. The highest BCUT2D eigenvalue weighted by molar-refractivity contribution is 7.10. The number of nitrogens with zero attached hydrogens (tertiary/aromatic N) is 2. The van der Waals surface area contributed by atoms with Gasteiger partial charge in [0.05, 0.1) is 6.04 Å². The zero-order valence-electron chi connectivity index (χ0n) is 10.2. The molecule has 0 aliphatic carbocycles. The molecule has 0 aliphatic rings. The number of halogens is 1. The molecule has 0 spiro atoms. The Labute approximate surface area is 115 Å². The summed E-state index contributed by atoms with van der Waals surface area (Å²) in [6.07, 6.45) is 1.41. The fourth-order valence-electron chi connectivity index (χ4n) is 1.67. The number of nitrogens with one attached hydrogen (secondary N) is 1. The fraction of sp³-hybridized carbons (Fsp3) is 0.333. The molecule has 0 amide bonds. The highest BCUT2D eigenvalue weighted by Gasteiger charge is 2.19. The van der Waals surface area contributed by atoms with Gasteiger partial charge in [-0.15, -0.1) is 11.3 Å². The smallest absolute Gasteiger partial charge is 0.157 e. The van der Waals surface area contributed by atoms with Gasteiger partial charge < -0.3 is 11.1 Å². The van der Waals surface area contributed by atoms with Crippen LogP contribution in [0.4, 0.5) is 11.5 Å². The van der Waals surface area contributed by atoms with Gasteiger partial charge in [0.2, 0.25) is 0 Å². The largest absolute Gasteiger partial charge is 0.393 e. The summed E-state index contributed by atoms with van der Waals surface area (Å²) < 4.78 is 0. The number of nitrogen functional groups attached to an aromatic ring is 1. The first-order valence-corrected chi connectivity index (χ1v) is 6.91. The van der Waals surface area contributed by atoms with Gasteiger partial charge in [-0.3, -0.25) is 0 Å². The minimum atomic E-state index is 0.165. The molecule has 18 heavy (non-hydrogen) atoms. The van der Waals surface area contributed by atoms with Gasteiger partial charge in [-0.2, -0.15) is 0 Å². The SMILES string of the molecule is CC(C)C(Nc1ncnc(Cl)c1N)c1cccs1. The monoisotopic (exact) mass is 282 g/mol. The lowest BCUT2D eigenvalue weighted by atomic mass is 10.0. The van der Waals surface area contributed by atoms with Crippen molar-refractivity contribution in [3.8, 4) is 0 Å². The third-order valence-electron chi connectivity index (χ3n) is 2.64. The van der Waals surface area contributed by atoms with Crippen molar-refractivity contribution >= 4 is 34.4 Å². The Hall–Kier alpha value is -1.33. The Balaban J connectivity index is 2.27. The molecule has 4 nitrogen and oxygen atoms in total. The van der Waals surface area contributed by atoms with Gasteiger partial charge >= 0.3 is 0 Å². The summed E-state index contributed by atoms with van der Waals surface area (Å²) in [5, 5.41) is 5.68. The molecule has 0 saturated heterocycles. The first-order chi connectivity index (χ1) is 8.59.